The van der Waals surface area contributed by atoms with Crippen LogP contribution in [-0.4, -0.2) is 17.5 Å². The zero-order chi connectivity index (χ0) is 20.6. The molecule has 2 aromatic rings. The van der Waals surface area contributed by atoms with E-state index in [9.17, 15) is 0 Å². The average molecular weight is 398 g/mol. The van der Waals surface area contributed by atoms with Gasteiger partial charge in [0.25, 0.3) is 0 Å². The molecule has 4 rings (SSSR count). The molecule has 0 amide bonds. The molecule has 1 heterocycles. The first-order valence-electron chi connectivity index (χ1n) is 10.6. The molecule has 5 heteroatoms. The Morgan fingerprint density at radius 2 is 1.87 bits per heavy atom. The molecule has 0 atom stereocenters. The topological polar surface area (TPSA) is 63.5 Å². The van der Waals surface area contributed by atoms with E-state index in [0.717, 1.165) is 17.3 Å². The van der Waals surface area contributed by atoms with E-state index < -0.39 is 0 Å². The van der Waals surface area contributed by atoms with Gasteiger partial charge in [-0.1, -0.05) is 73.5 Å². The van der Waals surface area contributed by atoms with Crippen molar-refractivity contribution in [2.75, 3.05) is 6.54 Å². The number of hydrazine groups is 2. The SMILES string of the molecule is N#Cc1ccc(CC2=NNN(C/C=C/C=C/c3ccccc3C3CCCC3)N2)cc1. The number of nitrogens with one attached hydrogen (secondary N) is 2. The van der Waals surface area contributed by atoms with Gasteiger partial charge < -0.3 is 0 Å². The highest BCUT2D eigenvalue weighted by Gasteiger charge is 2.18. The van der Waals surface area contributed by atoms with Gasteiger partial charge >= 0.3 is 0 Å². The Bertz CT molecular complexity index is 975. The van der Waals surface area contributed by atoms with E-state index in [2.05, 4.69) is 70.7 Å². The standard InChI is InChI=1S/C25H27N5/c26-19-21-15-13-20(14-16-21)18-25-27-29-30(28-25)17-7-1-2-8-22-11-5-6-12-24(22)23-9-3-4-10-23/h1-2,5-8,11-16,23,29H,3-4,9-10,17-18H2,(H,27,28)/b7-1+,8-2+. The summed E-state index contributed by atoms with van der Waals surface area (Å²) in [4.78, 5) is 0. The van der Waals surface area contributed by atoms with Crippen molar-refractivity contribution < 1.29 is 0 Å². The molecule has 152 valence electrons. The van der Waals surface area contributed by atoms with Gasteiger partial charge in [0, 0.05) is 6.42 Å². The Morgan fingerprint density at radius 1 is 1.07 bits per heavy atom. The summed E-state index contributed by atoms with van der Waals surface area (Å²) in [6.45, 7) is 0.689. The highest BCUT2D eigenvalue weighted by molar-refractivity contribution is 5.84. The molecule has 30 heavy (non-hydrogen) atoms. The van der Waals surface area contributed by atoms with Crippen molar-refractivity contribution in [1.29, 1.82) is 5.26 Å². The molecule has 0 radical (unpaired) electrons. The van der Waals surface area contributed by atoms with Crippen LogP contribution in [0.15, 0.2) is 71.9 Å². The van der Waals surface area contributed by atoms with E-state index in [1.165, 1.54) is 36.8 Å². The second-order valence-corrected chi connectivity index (χ2v) is 7.76. The number of allylic oxidation sites excluding steroid dienone is 2. The summed E-state index contributed by atoms with van der Waals surface area (Å²) in [7, 11) is 0. The Hall–Kier alpha value is -3.36. The molecular formula is C25H27N5. The maximum absolute atomic E-state index is 8.88. The Balaban J connectivity index is 1.24. The minimum absolute atomic E-state index is 0.670. The normalized spacial score (nSPS) is 17.2. The van der Waals surface area contributed by atoms with Crippen LogP contribution in [0.3, 0.4) is 0 Å². The van der Waals surface area contributed by atoms with Crippen molar-refractivity contribution in [3.8, 4) is 6.07 Å². The quantitative estimate of drug-likeness (QED) is 0.667. The zero-order valence-corrected chi connectivity index (χ0v) is 17.1. The molecule has 2 N–H and O–H groups in total. The summed E-state index contributed by atoms with van der Waals surface area (Å²) in [5.74, 6) is 1.58. The van der Waals surface area contributed by atoms with Crippen LogP contribution in [0.2, 0.25) is 0 Å². The van der Waals surface area contributed by atoms with Crippen molar-refractivity contribution in [2.24, 2.45) is 5.10 Å². The number of nitrogens with zero attached hydrogens (tertiary/aromatic N) is 3. The van der Waals surface area contributed by atoms with Crippen LogP contribution in [0.1, 0.15) is 53.9 Å². The molecule has 2 aromatic carbocycles. The second kappa shape index (κ2) is 9.91. The van der Waals surface area contributed by atoms with Gasteiger partial charge in [-0.2, -0.15) is 5.26 Å². The number of hydrazone groups is 1. The first kappa shape index (κ1) is 19.9. The average Bonchev–Trinajstić information content (AvgIpc) is 3.47. The molecule has 0 saturated heterocycles. The molecule has 5 nitrogen and oxygen atoms in total. The summed E-state index contributed by atoms with van der Waals surface area (Å²) < 4.78 is 0. The fourth-order valence-corrected chi connectivity index (χ4v) is 4.06. The maximum Gasteiger partial charge on any atom is 0.144 e. The first-order valence-corrected chi connectivity index (χ1v) is 10.6. The molecule has 0 unspecified atom stereocenters. The first-order chi connectivity index (χ1) is 14.8. The lowest BCUT2D eigenvalue weighted by atomic mass is 9.93. The van der Waals surface area contributed by atoms with Crippen molar-refractivity contribution in [3.63, 3.8) is 0 Å². The third-order valence-corrected chi connectivity index (χ3v) is 5.63. The highest BCUT2D eigenvalue weighted by atomic mass is 15.9. The van der Waals surface area contributed by atoms with E-state index in [0.29, 0.717) is 18.5 Å². The molecule has 1 aliphatic carbocycles. The number of hydrogen-bond acceptors (Lipinski definition) is 5. The predicted molar refractivity (Wildman–Crippen MR) is 121 cm³/mol. The van der Waals surface area contributed by atoms with Crippen molar-refractivity contribution >= 4 is 11.9 Å². The smallest absolute Gasteiger partial charge is 0.144 e. The van der Waals surface area contributed by atoms with Crippen LogP contribution in [0.4, 0.5) is 0 Å². The molecule has 0 spiro atoms. The van der Waals surface area contributed by atoms with Gasteiger partial charge in [-0.3, -0.25) is 5.43 Å². The molecule has 1 fully saturated rings. The van der Waals surface area contributed by atoms with Crippen LogP contribution >= 0.6 is 0 Å². The van der Waals surface area contributed by atoms with Gasteiger partial charge in [-0.05, 0) is 47.6 Å². The second-order valence-electron chi connectivity index (χ2n) is 7.76. The summed E-state index contributed by atoms with van der Waals surface area (Å²) in [6.07, 6.45) is 14.5. The largest absolute Gasteiger partial charge is 0.286 e. The number of nitriles is 1. The minimum Gasteiger partial charge on any atom is -0.286 e. The van der Waals surface area contributed by atoms with Crippen molar-refractivity contribution in [1.82, 2.24) is 16.1 Å². The zero-order valence-electron chi connectivity index (χ0n) is 17.1. The number of benzene rings is 2. The lowest BCUT2D eigenvalue weighted by molar-refractivity contribution is 0.202. The molecule has 2 aliphatic rings. The van der Waals surface area contributed by atoms with Gasteiger partial charge in [0.1, 0.15) is 5.84 Å². The predicted octanol–water partition coefficient (Wildman–Crippen LogP) is 4.67. The Kier molecular flexibility index (Phi) is 6.58. The Morgan fingerprint density at radius 3 is 2.67 bits per heavy atom. The van der Waals surface area contributed by atoms with Crippen LogP contribution in [-0.2, 0) is 6.42 Å². The van der Waals surface area contributed by atoms with Gasteiger partial charge in [0.2, 0.25) is 0 Å². The van der Waals surface area contributed by atoms with Gasteiger partial charge in [-0.25, -0.2) is 5.53 Å². The molecule has 1 aliphatic heterocycles. The lowest BCUT2D eigenvalue weighted by Gasteiger charge is -2.13. The van der Waals surface area contributed by atoms with E-state index in [4.69, 9.17) is 5.26 Å². The van der Waals surface area contributed by atoms with Gasteiger partial charge in [0.05, 0.1) is 18.2 Å². The fraction of sp³-hybridized carbons (Fsp3) is 0.280. The van der Waals surface area contributed by atoms with Crippen LogP contribution in [0.25, 0.3) is 6.08 Å². The minimum atomic E-state index is 0.670. The summed E-state index contributed by atoms with van der Waals surface area (Å²) in [5, 5.41) is 15.0. The van der Waals surface area contributed by atoms with Crippen LogP contribution < -0.4 is 11.0 Å². The number of amidine groups is 1. The van der Waals surface area contributed by atoms with Crippen LogP contribution in [0, 0.1) is 11.3 Å². The van der Waals surface area contributed by atoms with E-state index >= 15 is 0 Å². The summed E-state index contributed by atoms with van der Waals surface area (Å²) in [6, 6.07) is 18.5. The highest BCUT2D eigenvalue weighted by Crippen LogP contribution is 2.36. The summed E-state index contributed by atoms with van der Waals surface area (Å²) in [5.41, 5.74) is 10.8. The van der Waals surface area contributed by atoms with Crippen molar-refractivity contribution in [2.45, 2.75) is 38.0 Å². The summed E-state index contributed by atoms with van der Waals surface area (Å²) >= 11 is 0. The lowest BCUT2D eigenvalue weighted by Crippen LogP contribution is -2.41. The number of hydrogen-bond donors (Lipinski definition) is 2. The van der Waals surface area contributed by atoms with Crippen molar-refractivity contribution in [3.05, 3.63) is 89.0 Å². The molecular weight excluding hydrogens is 370 g/mol. The third-order valence-electron chi connectivity index (χ3n) is 5.63. The van der Waals surface area contributed by atoms with Gasteiger partial charge in [-0.15, -0.1) is 10.2 Å². The number of rotatable bonds is 7. The maximum atomic E-state index is 8.88. The third kappa shape index (κ3) is 5.16. The van der Waals surface area contributed by atoms with E-state index in [1.807, 2.05) is 29.4 Å². The molecule has 0 bridgehead atoms. The fourth-order valence-electron chi connectivity index (χ4n) is 4.06. The van der Waals surface area contributed by atoms with Gasteiger partial charge in [0.15, 0.2) is 0 Å². The molecule has 1 saturated carbocycles. The van der Waals surface area contributed by atoms with E-state index in [-0.39, 0.29) is 0 Å². The van der Waals surface area contributed by atoms with Crippen LogP contribution in [0.5, 0.6) is 0 Å². The van der Waals surface area contributed by atoms with E-state index in [1.54, 1.807) is 0 Å². The Labute approximate surface area is 178 Å². The molecule has 0 aromatic heterocycles. The monoisotopic (exact) mass is 397 g/mol.